The number of hydrogen-bond acceptors (Lipinski definition) is 3. The first-order valence-electron chi connectivity index (χ1n) is 7.19. The number of ether oxygens (including phenoxy) is 1. The van der Waals surface area contributed by atoms with Crippen LogP contribution in [-0.4, -0.2) is 21.9 Å². The topological polar surface area (TPSA) is 55.6 Å². The average Bonchev–Trinajstić information content (AvgIpc) is 2.94. The fraction of sp³-hybridized carbons (Fsp3) is 0.176. The van der Waals surface area contributed by atoms with Gasteiger partial charge in [-0.25, -0.2) is 4.98 Å². The maximum Gasteiger partial charge on any atom is 0.258 e. The van der Waals surface area contributed by atoms with Crippen LogP contribution in [0.5, 0.6) is 5.75 Å². The van der Waals surface area contributed by atoms with Gasteiger partial charge in [0.1, 0.15) is 11.4 Å². The van der Waals surface area contributed by atoms with Crippen molar-refractivity contribution < 1.29 is 9.53 Å². The number of nitrogens with one attached hydrogen (secondary N) is 1. The van der Waals surface area contributed by atoms with Crippen molar-refractivity contribution in [1.29, 1.82) is 0 Å². The normalized spacial score (nSPS) is 10.7. The second-order valence-corrected chi connectivity index (χ2v) is 5.66. The minimum absolute atomic E-state index is 0.0475. The molecule has 2 aromatic heterocycles. The second kappa shape index (κ2) is 6.71. The van der Waals surface area contributed by atoms with Crippen LogP contribution in [0.1, 0.15) is 11.3 Å². The number of aromatic nitrogens is 2. The van der Waals surface area contributed by atoms with E-state index in [2.05, 4.69) is 10.3 Å². The van der Waals surface area contributed by atoms with E-state index in [1.54, 1.807) is 24.3 Å². The Hall–Kier alpha value is -2.53. The highest BCUT2D eigenvalue weighted by Crippen LogP contribution is 2.15. The smallest absolute Gasteiger partial charge is 0.258 e. The highest BCUT2D eigenvalue weighted by atomic mass is 35.5. The predicted molar refractivity (Wildman–Crippen MR) is 88.7 cm³/mol. The molecule has 0 saturated carbocycles. The van der Waals surface area contributed by atoms with Crippen LogP contribution in [-0.2, 0) is 11.3 Å². The summed E-state index contributed by atoms with van der Waals surface area (Å²) in [6.45, 7) is 2.34. The van der Waals surface area contributed by atoms with Gasteiger partial charge >= 0.3 is 0 Å². The number of hydrogen-bond donors (Lipinski definition) is 1. The summed E-state index contributed by atoms with van der Waals surface area (Å²) in [5, 5.41) is 3.42. The monoisotopic (exact) mass is 329 g/mol. The lowest BCUT2D eigenvalue weighted by Gasteiger charge is -2.06. The largest absolute Gasteiger partial charge is 0.484 e. The van der Waals surface area contributed by atoms with Gasteiger partial charge in [0.05, 0.1) is 12.2 Å². The van der Waals surface area contributed by atoms with Gasteiger partial charge in [-0.1, -0.05) is 11.6 Å². The molecule has 0 aliphatic heterocycles. The molecule has 0 aliphatic carbocycles. The van der Waals surface area contributed by atoms with Crippen LogP contribution in [0.25, 0.3) is 5.65 Å². The number of rotatable bonds is 5. The van der Waals surface area contributed by atoms with Crippen LogP contribution < -0.4 is 10.1 Å². The van der Waals surface area contributed by atoms with Crippen molar-refractivity contribution in [3.8, 4) is 5.75 Å². The van der Waals surface area contributed by atoms with Crippen molar-refractivity contribution in [3.05, 3.63) is 65.1 Å². The Morgan fingerprint density at radius 3 is 2.87 bits per heavy atom. The molecule has 0 unspecified atom stereocenters. The van der Waals surface area contributed by atoms with Gasteiger partial charge in [0, 0.05) is 17.4 Å². The molecule has 0 fully saturated rings. The number of amides is 1. The summed E-state index contributed by atoms with van der Waals surface area (Å²) in [4.78, 5) is 16.3. The minimum Gasteiger partial charge on any atom is -0.484 e. The molecule has 3 aromatic rings. The lowest BCUT2D eigenvalue weighted by atomic mass is 10.3. The zero-order valence-electron chi connectivity index (χ0n) is 12.6. The second-order valence-electron chi connectivity index (χ2n) is 5.22. The lowest BCUT2D eigenvalue weighted by Crippen LogP contribution is -2.28. The molecule has 1 N–H and O–H groups in total. The van der Waals surface area contributed by atoms with Crippen molar-refractivity contribution in [1.82, 2.24) is 14.7 Å². The summed E-state index contributed by atoms with van der Waals surface area (Å²) in [5.41, 5.74) is 2.82. The third-order valence-corrected chi connectivity index (χ3v) is 3.57. The van der Waals surface area contributed by atoms with E-state index in [-0.39, 0.29) is 12.5 Å². The van der Waals surface area contributed by atoms with Gasteiger partial charge in [0.25, 0.3) is 5.91 Å². The molecule has 2 heterocycles. The molecule has 1 amide bonds. The summed E-state index contributed by atoms with van der Waals surface area (Å²) in [6, 6.07) is 10.9. The van der Waals surface area contributed by atoms with Crippen molar-refractivity contribution >= 4 is 23.2 Å². The van der Waals surface area contributed by atoms with E-state index in [1.807, 2.05) is 35.9 Å². The summed E-state index contributed by atoms with van der Waals surface area (Å²) in [7, 11) is 0. The molecule has 0 aliphatic rings. The van der Waals surface area contributed by atoms with Crippen LogP contribution in [0.3, 0.4) is 0 Å². The van der Waals surface area contributed by atoms with Gasteiger partial charge in [-0.05, 0) is 48.9 Å². The number of carbonyl (C=O) groups excluding carboxylic acids is 1. The molecular formula is C17H16ClN3O2. The Kier molecular flexibility index (Phi) is 4.48. The summed E-state index contributed by atoms with van der Waals surface area (Å²) < 4.78 is 7.32. The van der Waals surface area contributed by atoms with Gasteiger partial charge in [-0.2, -0.15) is 0 Å². The van der Waals surface area contributed by atoms with E-state index >= 15 is 0 Å². The molecule has 3 rings (SSSR count). The fourth-order valence-corrected chi connectivity index (χ4v) is 2.27. The number of pyridine rings is 1. The van der Waals surface area contributed by atoms with Gasteiger partial charge in [0.2, 0.25) is 0 Å². The first kappa shape index (κ1) is 15.4. The van der Waals surface area contributed by atoms with Gasteiger partial charge in [-0.3, -0.25) is 4.79 Å². The number of fused-ring (bicyclic) bond motifs is 1. The van der Waals surface area contributed by atoms with Crippen molar-refractivity contribution in [2.24, 2.45) is 0 Å². The minimum atomic E-state index is -0.201. The highest BCUT2D eigenvalue weighted by molar-refractivity contribution is 6.30. The predicted octanol–water partition coefficient (Wildman–Crippen LogP) is 2.99. The third-order valence-electron chi connectivity index (χ3n) is 3.32. The first-order chi connectivity index (χ1) is 11.1. The molecule has 0 atom stereocenters. The number of halogens is 1. The zero-order chi connectivity index (χ0) is 16.2. The Morgan fingerprint density at radius 2 is 2.09 bits per heavy atom. The van der Waals surface area contributed by atoms with Gasteiger partial charge < -0.3 is 14.5 Å². The number of nitrogens with zero attached hydrogens (tertiary/aromatic N) is 2. The fourth-order valence-electron chi connectivity index (χ4n) is 2.14. The molecule has 118 valence electrons. The Bertz CT molecular complexity index is 827. The number of carbonyl (C=O) groups is 1. The van der Waals surface area contributed by atoms with E-state index in [0.717, 1.165) is 16.9 Å². The van der Waals surface area contributed by atoms with E-state index in [4.69, 9.17) is 16.3 Å². The van der Waals surface area contributed by atoms with Crippen LogP contribution in [0, 0.1) is 6.92 Å². The molecular weight excluding hydrogens is 314 g/mol. The molecule has 0 spiro atoms. The maximum atomic E-state index is 11.8. The van der Waals surface area contributed by atoms with Crippen LogP contribution in [0.2, 0.25) is 5.02 Å². The van der Waals surface area contributed by atoms with E-state index in [1.165, 1.54) is 0 Å². The molecule has 23 heavy (non-hydrogen) atoms. The van der Waals surface area contributed by atoms with E-state index < -0.39 is 0 Å². The molecule has 5 nitrogen and oxygen atoms in total. The Labute approximate surface area is 138 Å². The summed E-state index contributed by atoms with van der Waals surface area (Å²) in [5.74, 6) is 0.404. The Morgan fingerprint density at radius 1 is 1.30 bits per heavy atom. The van der Waals surface area contributed by atoms with Gasteiger partial charge in [-0.15, -0.1) is 0 Å². The van der Waals surface area contributed by atoms with Crippen molar-refractivity contribution in [2.75, 3.05) is 6.61 Å². The third kappa shape index (κ3) is 4.02. The van der Waals surface area contributed by atoms with Crippen LogP contribution in [0.15, 0.2) is 48.8 Å². The maximum absolute atomic E-state index is 11.8. The summed E-state index contributed by atoms with van der Waals surface area (Å²) >= 11 is 5.79. The van der Waals surface area contributed by atoms with Crippen molar-refractivity contribution in [2.45, 2.75) is 13.5 Å². The number of imidazole rings is 1. The standard InChI is InChI=1S/C17H16ClN3O2/c1-12-6-7-21-10-14(20-16(21)8-12)9-19-17(22)11-23-15-4-2-13(18)3-5-15/h2-8,10H,9,11H2,1H3,(H,19,22). The number of benzene rings is 1. The van der Waals surface area contributed by atoms with E-state index in [9.17, 15) is 4.79 Å². The lowest BCUT2D eigenvalue weighted by molar-refractivity contribution is -0.123. The average molecular weight is 330 g/mol. The first-order valence-corrected chi connectivity index (χ1v) is 7.57. The molecule has 0 saturated heterocycles. The SMILES string of the molecule is Cc1ccn2cc(CNC(=O)COc3ccc(Cl)cc3)nc2c1. The van der Waals surface area contributed by atoms with Crippen LogP contribution >= 0.6 is 11.6 Å². The molecule has 6 heteroatoms. The molecule has 0 bridgehead atoms. The quantitative estimate of drug-likeness (QED) is 0.783. The summed E-state index contributed by atoms with van der Waals surface area (Å²) in [6.07, 6.45) is 3.85. The number of aryl methyl sites for hydroxylation is 1. The highest BCUT2D eigenvalue weighted by Gasteiger charge is 2.06. The van der Waals surface area contributed by atoms with E-state index in [0.29, 0.717) is 17.3 Å². The molecule has 0 radical (unpaired) electrons. The molecule has 1 aromatic carbocycles. The van der Waals surface area contributed by atoms with Gasteiger partial charge in [0.15, 0.2) is 6.61 Å². The zero-order valence-corrected chi connectivity index (χ0v) is 13.4. The van der Waals surface area contributed by atoms with Crippen LogP contribution in [0.4, 0.5) is 0 Å². The Balaban J connectivity index is 1.52. The van der Waals surface area contributed by atoms with Crippen molar-refractivity contribution in [3.63, 3.8) is 0 Å².